The maximum Gasteiger partial charge on any atom is 0.328 e. The molecule has 12 heteroatoms. The number of allylic oxidation sites excluding steroid dienone is 2. The van der Waals surface area contributed by atoms with Crippen LogP contribution in [-0.4, -0.2) is 22.8 Å². The van der Waals surface area contributed by atoms with Crippen molar-refractivity contribution in [2.45, 2.75) is 5.92 Å². The molecule has 2 aliphatic rings. The summed E-state index contributed by atoms with van der Waals surface area (Å²) in [4.78, 5) is 47.4. The Morgan fingerprint density at radius 1 is 1.14 bits per heavy atom. The fourth-order valence-electron chi connectivity index (χ4n) is 3.87. The van der Waals surface area contributed by atoms with Crippen molar-refractivity contribution in [3.05, 3.63) is 51.2 Å². The average molecular weight is 391 g/mol. The van der Waals surface area contributed by atoms with E-state index in [0.29, 0.717) is 0 Å². The van der Waals surface area contributed by atoms with Gasteiger partial charge in [-0.3, -0.25) is 30.3 Å². The SMILES string of the molecule is N#CC(C#N)=C(N)[C@@]1(C#N)[C@@H](c2cccc([N+](=O)[O-])c2)C12C(=O)NC(=O)NC2=O. The highest BCUT2D eigenvalue weighted by Gasteiger charge is 2.88. The molecule has 1 aromatic rings. The quantitative estimate of drug-likeness (QED) is 0.269. The zero-order valence-corrected chi connectivity index (χ0v) is 14.3. The zero-order chi connectivity index (χ0) is 21.6. The molecule has 1 aliphatic carbocycles. The first kappa shape index (κ1) is 19.0. The number of nitro groups is 1. The van der Waals surface area contributed by atoms with Crippen LogP contribution in [0.4, 0.5) is 10.5 Å². The summed E-state index contributed by atoms with van der Waals surface area (Å²) >= 11 is 0. The fraction of sp³-hybridized carbons (Fsp3) is 0.176. The van der Waals surface area contributed by atoms with Crippen LogP contribution in [0.5, 0.6) is 0 Å². The van der Waals surface area contributed by atoms with Gasteiger partial charge in [0.15, 0.2) is 5.41 Å². The van der Waals surface area contributed by atoms with Gasteiger partial charge < -0.3 is 5.73 Å². The van der Waals surface area contributed by atoms with Crippen molar-refractivity contribution in [1.82, 2.24) is 10.6 Å². The molecule has 142 valence electrons. The van der Waals surface area contributed by atoms with Crippen LogP contribution in [0.15, 0.2) is 35.5 Å². The Morgan fingerprint density at radius 3 is 2.21 bits per heavy atom. The Kier molecular flexibility index (Phi) is 4.03. The normalized spacial score (nSPS) is 23.6. The van der Waals surface area contributed by atoms with Gasteiger partial charge in [0.25, 0.3) is 5.69 Å². The third-order valence-corrected chi connectivity index (χ3v) is 5.08. The molecule has 0 bridgehead atoms. The lowest BCUT2D eigenvalue weighted by Gasteiger charge is -2.23. The molecule has 2 fully saturated rings. The van der Waals surface area contributed by atoms with E-state index in [1.165, 1.54) is 24.3 Å². The molecule has 1 aromatic carbocycles. The van der Waals surface area contributed by atoms with Crippen molar-refractivity contribution in [3.8, 4) is 18.2 Å². The van der Waals surface area contributed by atoms with E-state index in [1.54, 1.807) is 6.07 Å². The van der Waals surface area contributed by atoms with Crippen molar-refractivity contribution < 1.29 is 19.3 Å². The molecule has 3 rings (SSSR count). The first-order valence-electron chi connectivity index (χ1n) is 7.85. The highest BCUT2D eigenvalue weighted by Crippen LogP contribution is 2.77. The number of imide groups is 2. The lowest BCUT2D eigenvalue weighted by Crippen LogP contribution is -2.59. The minimum atomic E-state index is -2.30. The van der Waals surface area contributed by atoms with Crippen LogP contribution in [0, 0.1) is 54.9 Å². The molecule has 1 aliphatic heterocycles. The number of hydrogen-bond acceptors (Lipinski definition) is 9. The number of barbiturate groups is 1. The van der Waals surface area contributed by atoms with Gasteiger partial charge in [-0.1, -0.05) is 12.1 Å². The number of amides is 4. The van der Waals surface area contributed by atoms with E-state index in [-0.39, 0.29) is 11.3 Å². The number of urea groups is 1. The minimum Gasteiger partial charge on any atom is -0.399 e. The van der Waals surface area contributed by atoms with Gasteiger partial charge in [-0.15, -0.1) is 0 Å². The van der Waals surface area contributed by atoms with Gasteiger partial charge in [-0.25, -0.2) is 4.79 Å². The van der Waals surface area contributed by atoms with E-state index >= 15 is 0 Å². The van der Waals surface area contributed by atoms with Crippen LogP contribution in [0.25, 0.3) is 0 Å². The smallest absolute Gasteiger partial charge is 0.328 e. The van der Waals surface area contributed by atoms with Gasteiger partial charge in [-0.05, 0) is 5.56 Å². The molecule has 0 unspecified atom stereocenters. The minimum absolute atomic E-state index is 0.0265. The average Bonchev–Trinajstić information content (AvgIpc) is 3.33. The lowest BCUT2D eigenvalue weighted by atomic mass is 9.86. The summed E-state index contributed by atoms with van der Waals surface area (Å²) in [5, 5.41) is 43.1. The molecule has 4 amide bonds. The van der Waals surface area contributed by atoms with Crippen LogP contribution in [0.1, 0.15) is 11.5 Å². The predicted octanol–water partition coefficient (Wildman–Crippen LogP) is -0.186. The molecule has 1 heterocycles. The van der Waals surface area contributed by atoms with E-state index in [0.717, 1.165) is 12.1 Å². The van der Waals surface area contributed by atoms with Gasteiger partial charge in [0.1, 0.15) is 23.1 Å². The van der Waals surface area contributed by atoms with E-state index < -0.39 is 50.8 Å². The highest BCUT2D eigenvalue weighted by atomic mass is 16.6. The standard InChI is InChI=1S/C17H9N7O5/c18-5-9(6-19)12(21)16(7-20)11(8-2-1-3-10(4-8)24(28)29)17(16)13(25)22-15(27)23-14(17)26/h1-4,11H,21H2,(H2,22,23,25,26,27)/t11-,16-/m1/s1. The second-order valence-corrected chi connectivity index (χ2v) is 6.26. The first-order valence-corrected chi connectivity index (χ1v) is 7.85. The number of nitro benzene ring substituents is 1. The number of benzene rings is 1. The van der Waals surface area contributed by atoms with E-state index in [2.05, 4.69) is 0 Å². The maximum atomic E-state index is 12.8. The highest BCUT2D eigenvalue weighted by molar-refractivity contribution is 6.24. The summed E-state index contributed by atoms with van der Waals surface area (Å²) in [7, 11) is 0. The second kappa shape index (κ2) is 6.15. The van der Waals surface area contributed by atoms with Crippen molar-refractivity contribution in [3.63, 3.8) is 0 Å². The summed E-state index contributed by atoms with van der Waals surface area (Å²) in [6.45, 7) is 0. The largest absolute Gasteiger partial charge is 0.399 e. The number of nitrogens with one attached hydrogen (secondary N) is 2. The van der Waals surface area contributed by atoms with E-state index in [4.69, 9.17) is 16.3 Å². The van der Waals surface area contributed by atoms with Gasteiger partial charge in [-0.2, -0.15) is 15.8 Å². The molecule has 0 aromatic heterocycles. The lowest BCUT2D eigenvalue weighted by molar-refractivity contribution is -0.384. The number of nitriles is 3. The Bertz CT molecular complexity index is 1130. The van der Waals surface area contributed by atoms with Gasteiger partial charge in [0, 0.05) is 18.1 Å². The monoisotopic (exact) mass is 391 g/mol. The molecule has 1 saturated heterocycles. The van der Waals surface area contributed by atoms with Gasteiger partial charge >= 0.3 is 6.03 Å². The molecule has 2 atom stereocenters. The number of non-ortho nitro benzene ring substituents is 1. The fourth-order valence-corrected chi connectivity index (χ4v) is 3.87. The molecule has 29 heavy (non-hydrogen) atoms. The summed E-state index contributed by atoms with van der Waals surface area (Å²) < 4.78 is 0. The van der Waals surface area contributed by atoms with Crippen molar-refractivity contribution in [1.29, 1.82) is 15.8 Å². The van der Waals surface area contributed by atoms with Crippen LogP contribution in [0.2, 0.25) is 0 Å². The maximum absolute atomic E-state index is 12.8. The number of carbonyl (C=O) groups is 3. The van der Waals surface area contributed by atoms with Crippen LogP contribution < -0.4 is 16.4 Å². The summed E-state index contributed by atoms with van der Waals surface area (Å²) in [5.74, 6) is -3.71. The number of nitrogens with two attached hydrogens (primary N) is 1. The van der Waals surface area contributed by atoms with Crippen molar-refractivity contribution in [2.24, 2.45) is 16.6 Å². The molecule has 1 spiro atoms. The van der Waals surface area contributed by atoms with Crippen LogP contribution in [-0.2, 0) is 9.59 Å². The van der Waals surface area contributed by atoms with Crippen molar-refractivity contribution in [2.75, 3.05) is 0 Å². The second-order valence-electron chi connectivity index (χ2n) is 6.26. The topological polar surface area (TPSA) is 216 Å². The van der Waals surface area contributed by atoms with E-state index in [1.807, 2.05) is 10.6 Å². The summed E-state index contributed by atoms with van der Waals surface area (Å²) in [5.41, 5.74) is -0.286. The Hall–Kier alpha value is -4.76. The van der Waals surface area contributed by atoms with Crippen LogP contribution >= 0.6 is 0 Å². The third-order valence-electron chi connectivity index (χ3n) is 5.08. The molecule has 1 saturated carbocycles. The predicted molar refractivity (Wildman–Crippen MR) is 90.4 cm³/mol. The number of nitrogens with zero attached hydrogens (tertiary/aromatic N) is 4. The summed E-state index contributed by atoms with van der Waals surface area (Å²) in [6, 6.07) is 8.44. The molecule has 4 N–H and O–H groups in total. The molecule has 12 nitrogen and oxygen atoms in total. The Balaban J connectivity index is 2.35. The number of rotatable bonds is 3. The number of carbonyl (C=O) groups excluding carboxylic acids is 3. The molecular weight excluding hydrogens is 382 g/mol. The Morgan fingerprint density at radius 2 is 1.72 bits per heavy atom. The summed E-state index contributed by atoms with van der Waals surface area (Å²) in [6.07, 6.45) is 0. The van der Waals surface area contributed by atoms with Crippen molar-refractivity contribution >= 4 is 23.5 Å². The first-order chi connectivity index (χ1) is 13.7. The third kappa shape index (κ3) is 2.19. The molecular formula is C17H9N7O5. The Labute approximate surface area is 161 Å². The van der Waals surface area contributed by atoms with E-state index in [9.17, 15) is 29.8 Å². The van der Waals surface area contributed by atoms with Crippen LogP contribution in [0.3, 0.4) is 0 Å². The van der Waals surface area contributed by atoms with Gasteiger partial charge in [0.05, 0.1) is 16.7 Å². The molecule has 0 radical (unpaired) electrons. The zero-order valence-electron chi connectivity index (χ0n) is 14.3. The number of hydrogen-bond donors (Lipinski definition) is 3. The van der Waals surface area contributed by atoms with Gasteiger partial charge in [0.2, 0.25) is 11.8 Å².